The molecular weight excluding hydrogens is 315 g/mol. The summed E-state index contributed by atoms with van der Waals surface area (Å²) in [6, 6.07) is 13.1. The summed E-state index contributed by atoms with van der Waals surface area (Å²) in [7, 11) is 3.25. The number of benzene rings is 2. The summed E-state index contributed by atoms with van der Waals surface area (Å²) < 4.78 is 48.3. The summed E-state index contributed by atoms with van der Waals surface area (Å²) in [5.74, 6) is 0.440. The number of nitrogens with one attached hydrogen (secondary N) is 1. The Bertz CT molecular complexity index is 714. The molecule has 0 radical (unpaired) electrons. The van der Waals surface area contributed by atoms with Crippen LogP contribution in [-0.2, 0) is 5.41 Å². The van der Waals surface area contributed by atoms with E-state index in [1.54, 1.807) is 55.6 Å². The number of hydrogen-bond donors (Lipinski definition) is 1. The predicted molar refractivity (Wildman–Crippen MR) is 87.3 cm³/mol. The van der Waals surface area contributed by atoms with Crippen LogP contribution in [0.1, 0.15) is 35.6 Å². The van der Waals surface area contributed by atoms with E-state index >= 15 is 0 Å². The number of fused-ring (bicyclic) bond motifs is 1. The minimum absolute atomic E-state index is 0.00614. The van der Waals surface area contributed by atoms with Crippen molar-refractivity contribution in [1.29, 1.82) is 0 Å². The van der Waals surface area contributed by atoms with Gasteiger partial charge in [-0.25, -0.2) is 0 Å². The first-order valence-electron chi connectivity index (χ1n) is 7.92. The van der Waals surface area contributed by atoms with Crippen LogP contribution < -0.4 is 10.1 Å². The van der Waals surface area contributed by atoms with Gasteiger partial charge in [-0.3, -0.25) is 0 Å². The molecule has 0 bridgehead atoms. The molecule has 2 unspecified atom stereocenters. The van der Waals surface area contributed by atoms with Crippen LogP contribution in [0.5, 0.6) is 5.75 Å². The Morgan fingerprint density at radius 1 is 1.12 bits per heavy atom. The van der Waals surface area contributed by atoms with Gasteiger partial charge < -0.3 is 10.1 Å². The molecule has 0 heterocycles. The van der Waals surface area contributed by atoms with E-state index in [1.807, 2.05) is 0 Å². The van der Waals surface area contributed by atoms with Gasteiger partial charge in [0.1, 0.15) is 11.2 Å². The summed E-state index contributed by atoms with van der Waals surface area (Å²) in [6.45, 7) is 0. The van der Waals surface area contributed by atoms with Gasteiger partial charge in [0.05, 0.1) is 7.11 Å². The van der Waals surface area contributed by atoms with Crippen LogP contribution in [0.4, 0.5) is 13.2 Å². The molecule has 2 aromatic rings. The van der Waals surface area contributed by atoms with Crippen LogP contribution in [0.15, 0.2) is 48.5 Å². The first-order valence-corrected chi connectivity index (χ1v) is 7.92. The highest BCUT2D eigenvalue weighted by Crippen LogP contribution is 2.55. The van der Waals surface area contributed by atoms with E-state index in [1.165, 1.54) is 7.11 Å². The lowest BCUT2D eigenvalue weighted by atomic mass is 9.64. The molecule has 1 aliphatic rings. The fraction of sp³-hybridized carbons (Fsp3) is 0.368. The Morgan fingerprint density at radius 2 is 1.83 bits per heavy atom. The summed E-state index contributed by atoms with van der Waals surface area (Å²) in [6.07, 6.45) is -3.97. The standard InChI is InChI=1S/C19H20F3NO/c1-23-17-10-11-18(19(20,21)22,13-6-4-3-5-7-13)16-12-14(24-2)8-9-15(16)17/h3-9,12,17,23H,10-11H2,1-2H3. The molecule has 2 aromatic carbocycles. The zero-order valence-electron chi connectivity index (χ0n) is 13.7. The van der Waals surface area contributed by atoms with Crippen molar-refractivity contribution in [2.45, 2.75) is 30.5 Å². The van der Waals surface area contributed by atoms with Crippen molar-refractivity contribution in [1.82, 2.24) is 5.32 Å². The minimum atomic E-state index is -4.39. The second kappa shape index (κ2) is 6.13. The van der Waals surface area contributed by atoms with Crippen molar-refractivity contribution in [3.05, 3.63) is 65.2 Å². The molecule has 2 nitrogen and oxygen atoms in total. The fourth-order valence-corrected chi connectivity index (χ4v) is 3.77. The molecule has 128 valence electrons. The number of hydrogen-bond acceptors (Lipinski definition) is 2. The molecule has 0 spiro atoms. The third kappa shape index (κ3) is 2.47. The molecular formula is C19H20F3NO. The highest BCUT2D eigenvalue weighted by molar-refractivity contribution is 5.51. The van der Waals surface area contributed by atoms with Gasteiger partial charge in [0, 0.05) is 6.04 Å². The maximum absolute atomic E-state index is 14.4. The second-order valence-electron chi connectivity index (χ2n) is 6.10. The number of halogens is 3. The Balaban J connectivity index is 2.32. The normalized spacial score (nSPS) is 23.6. The lowest BCUT2D eigenvalue weighted by molar-refractivity contribution is -0.182. The van der Waals surface area contributed by atoms with Gasteiger partial charge in [-0.2, -0.15) is 13.2 Å². The Hall–Kier alpha value is -2.01. The smallest absolute Gasteiger partial charge is 0.402 e. The van der Waals surface area contributed by atoms with Crippen molar-refractivity contribution in [3.63, 3.8) is 0 Å². The largest absolute Gasteiger partial charge is 0.497 e. The van der Waals surface area contributed by atoms with Gasteiger partial charge in [-0.15, -0.1) is 0 Å². The zero-order chi connectivity index (χ0) is 17.4. The molecule has 0 saturated carbocycles. The molecule has 1 aliphatic carbocycles. The summed E-state index contributed by atoms with van der Waals surface area (Å²) in [5.41, 5.74) is -0.760. The van der Waals surface area contributed by atoms with E-state index in [0.29, 0.717) is 17.7 Å². The van der Waals surface area contributed by atoms with Crippen molar-refractivity contribution in [2.24, 2.45) is 0 Å². The lowest BCUT2D eigenvalue weighted by Gasteiger charge is -2.43. The van der Waals surface area contributed by atoms with Gasteiger partial charge >= 0.3 is 6.18 Å². The number of rotatable bonds is 3. The highest BCUT2D eigenvalue weighted by Gasteiger charge is 2.59. The van der Waals surface area contributed by atoms with Crippen LogP contribution in [0.2, 0.25) is 0 Å². The van der Waals surface area contributed by atoms with E-state index in [2.05, 4.69) is 5.32 Å². The minimum Gasteiger partial charge on any atom is -0.497 e. The summed E-state index contributed by atoms with van der Waals surface area (Å²) >= 11 is 0. The van der Waals surface area contributed by atoms with Gasteiger partial charge in [-0.1, -0.05) is 36.4 Å². The van der Waals surface area contributed by atoms with Crippen molar-refractivity contribution in [3.8, 4) is 5.75 Å². The summed E-state index contributed by atoms with van der Waals surface area (Å²) in [4.78, 5) is 0. The third-order valence-electron chi connectivity index (χ3n) is 5.00. The molecule has 0 aliphatic heterocycles. The number of methoxy groups -OCH3 is 1. The maximum atomic E-state index is 14.4. The quantitative estimate of drug-likeness (QED) is 0.885. The van der Waals surface area contributed by atoms with Gasteiger partial charge in [0.25, 0.3) is 0 Å². The number of ether oxygens (including phenoxy) is 1. The lowest BCUT2D eigenvalue weighted by Crippen LogP contribution is -2.47. The Morgan fingerprint density at radius 3 is 2.42 bits per heavy atom. The van der Waals surface area contributed by atoms with Gasteiger partial charge in [0.15, 0.2) is 0 Å². The molecule has 3 rings (SSSR count). The van der Waals surface area contributed by atoms with Crippen molar-refractivity contribution >= 4 is 0 Å². The molecule has 0 aromatic heterocycles. The molecule has 0 saturated heterocycles. The molecule has 0 fully saturated rings. The first-order chi connectivity index (χ1) is 11.4. The molecule has 2 atom stereocenters. The highest BCUT2D eigenvalue weighted by atomic mass is 19.4. The Labute approximate surface area is 139 Å². The fourth-order valence-electron chi connectivity index (χ4n) is 3.77. The SMILES string of the molecule is CNC1CCC(c2ccccc2)(C(F)(F)F)c2cc(OC)ccc21. The van der Waals surface area contributed by atoms with Crippen LogP contribution in [-0.4, -0.2) is 20.3 Å². The van der Waals surface area contributed by atoms with Crippen molar-refractivity contribution in [2.75, 3.05) is 14.2 Å². The zero-order valence-corrected chi connectivity index (χ0v) is 13.7. The molecule has 5 heteroatoms. The third-order valence-corrected chi connectivity index (χ3v) is 5.00. The van der Waals surface area contributed by atoms with E-state index in [-0.39, 0.29) is 23.6 Å². The Kier molecular flexibility index (Phi) is 4.30. The van der Waals surface area contributed by atoms with Crippen LogP contribution in [0.25, 0.3) is 0 Å². The summed E-state index contributed by atoms with van der Waals surface area (Å²) in [5, 5.41) is 3.13. The number of alkyl halides is 3. The van der Waals surface area contributed by atoms with E-state index in [0.717, 1.165) is 0 Å². The average molecular weight is 335 g/mol. The van der Waals surface area contributed by atoms with E-state index < -0.39 is 11.6 Å². The van der Waals surface area contributed by atoms with Gasteiger partial charge in [0.2, 0.25) is 0 Å². The second-order valence-corrected chi connectivity index (χ2v) is 6.10. The van der Waals surface area contributed by atoms with Crippen LogP contribution in [0, 0.1) is 0 Å². The monoisotopic (exact) mass is 335 g/mol. The average Bonchev–Trinajstić information content (AvgIpc) is 2.59. The van der Waals surface area contributed by atoms with Crippen molar-refractivity contribution < 1.29 is 17.9 Å². The molecule has 24 heavy (non-hydrogen) atoms. The molecule has 0 amide bonds. The predicted octanol–water partition coefficient (Wildman–Crippen LogP) is 4.60. The van der Waals surface area contributed by atoms with E-state index in [4.69, 9.17) is 4.74 Å². The van der Waals surface area contributed by atoms with Crippen LogP contribution in [0.3, 0.4) is 0 Å². The van der Waals surface area contributed by atoms with Gasteiger partial charge in [-0.05, 0) is 48.7 Å². The maximum Gasteiger partial charge on any atom is 0.402 e. The first kappa shape index (κ1) is 16.8. The van der Waals surface area contributed by atoms with Crippen LogP contribution >= 0.6 is 0 Å². The van der Waals surface area contributed by atoms with E-state index in [9.17, 15) is 13.2 Å². The molecule has 1 N–H and O–H groups in total. The topological polar surface area (TPSA) is 21.3 Å².